The van der Waals surface area contributed by atoms with Crippen molar-refractivity contribution in [1.82, 2.24) is 4.90 Å². The van der Waals surface area contributed by atoms with Gasteiger partial charge < -0.3 is 14.4 Å². The number of amides is 1. The summed E-state index contributed by atoms with van der Waals surface area (Å²) in [4.78, 5) is 15.0. The molecule has 1 amide bonds. The van der Waals surface area contributed by atoms with Crippen LogP contribution in [0, 0.1) is 0 Å². The second-order valence-corrected chi connectivity index (χ2v) is 7.06. The molecule has 3 rings (SSSR count). The second kappa shape index (κ2) is 8.19. The number of hydrogen-bond donors (Lipinski definition) is 0. The Bertz CT molecular complexity index is 788. The van der Waals surface area contributed by atoms with Gasteiger partial charge in [0, 0.05) is 23.2 Å². The van der Waals surface area contributed by atoms with Gasteiger partial charge in [-0.15, -0.1) is 0 Å². The van der Waals surface area contributed by atoms with Crippen molar-refractivity contribution in [3.63, 3.8) is 0 Å². The van der Waals surface area contributed by atoms with Crippen molar-refractivity contribution in [2.45, 2.75) is 32.4 Å². The van der Waals surface area contributed by atoms with Gasteiger partial charge in [0.2, 0.25) is 0 Å². The smallest absolute Gasteiger partial charge is 0.254 e. The van der Waals surface area contributed by atoms with Gasteiger partial charge in [-0.25, -0.2) is 0 Å². The highest BCUT2D eigenvalue weighted by molar-refractivity contribution is 6.32. The molecular formula is C20H21Cl2NO3. The summed E-state index contributed by atoms with van der Waals surface area (Å²) in [5, 5.41) is 1.05. The SMILES string of the molecule is CCOc1c(Cl)cc(C(=O)N(Cc2ccc(Cl)cc2)C2CC2)cc1OC. The molecule has 26 heavy (non-hydrogen) atoms. The largest absolute Gasteiger partial charge is 0.493 e. The van der Waals surface area contributed by atoms with Crippen molar-refractivity contribution in [1.29, 1.82) is 0 Å². The van der Waals surface area contributed by atoms with Gasteiger partial charge in [-0.2, -0.15) is 0 Å². The minimum absolute atomic E-state index is 0.0642. The first-order valence-electron chi connectivity index (χ1n) is 8.59. The molecule has 0 radical (unpaired) electrons. The Kier molecular flexibility index (Phi) is 5.94. The summed E-state index contributed by atoms with van der Waals surface area (Å²) < 4.78 is 10.9. The minimum Gasteiger partial charge on any atom is -0.493 e. The molecule has 1 aliphatic rings. The Hall–Kier alpha value is -1.91. The fourth-order valence-corrected chi connectivity index (χ4v) is 3.22. The van der Waals surface area contributed by atoms with E-state index in [0.717, 1.165) is 18.4 Å². The summed E-state index contributed by atoms with van der Waals surface area (Å²) in [5.74, 6) is 0.861. The monoisotopic (exact) mass is 393 g/mol. The van der Waals surface area contributed by atoms with Crippen molar-refractivity contribution >= 4 is 29.1 Å². The topological polar surface area (TPSA) is 38.8 Å². The highest BCUT2D eigenvalue weighted by atomic mass is 35.5. The van der Waals surface area contributed by atoms with Crippen molar-refractivity contribution in [2.24, 2.45) is 0 Å². The van der Waals surface area contributed by atoms with E-state index in [1.165, 1.54) is 7.11 Å². The maximum atomic E-state index is 13.1. The third-order valence-corrected chi connectivity index (χ3v) is 4.81. The van der Waals surface area contributed by atoms with E-state index < -0.39 is 0 Å². The molecule has 0 aromatic heterocycles. The molecule has 2 aromatic carbocycles. The molecule has 2 aromatic rings. The molecule has 6 heteroatoms. The van der Waals surface area contributed by atoms with E-state index in [0.29, 0.717) is 40.3 Å². The molecule has 0 heterocycles. The fraction of sp³-hybridized carbons (Fsp3) is 0.350. The van der Waals surface area contributed by atoms with E-state index in [4.69, 9.17) is 32.7 Å². The summed E-state index contributed by atoms with van der Waals surface area (Å²) in [6, 6.07) is 11.2. The molecule has 0 atom stereocenters. The number of nitrogens with zero attached hydrogens (tertiary/aromatic N) is 1. The number of benzene rings is 2. The van der Waals surface area contributed by atoms with Crippen molar-refractivity contribution in [2.75, 3.05) is 13.7 Å². The third-order valence-electron chi connectivity index (χ3n) is 4.28. The van der Waals surface area contributed by atoms with Crippen LogP contribution in [0.2, 0.25) is 10.0 Å². The van der Waals surface area contributed by atoms with Crippen LogP contribution >= 0.6 is 23.2 Å². The first-order chi connectivity index (χ1) is 12.5. The van der Waals surface area contributed by atoms with Gasteiger partial charge in [0.1, 0.15) is 0 Å². The van der Waals surface area contributed by atoms with Crippen LogP contribution in [0.5, 0.6) is 11.5 Å². The molecule has 0 unspecified atom stereocenters. The molecule has 138 valence electrons. The van der Waals surface area contributed by atoms with Gasteiger partial charge in [-0.05, 0) is 49.6 Å². The summed E-state index contributed by atoms with van der Waals surface area (Å²) in [6.07, 6.45) is 2.03. The van der Waals surface area contributed by atoms with E-state index in [1.807, 2.05) is 36.1 Å². The number of hydrogen-bond acceptors (Lipinski definition) is 3. The molecule has 0 aliphatic heterocycles. The quantitative estimate of drug-likeness (QED) is 0.648. The number of halogens is 2. The number of carbonyl (C=O) groups excluding carboxylic acids is 1. The summed E-state index contributed by atoms with van der Waals surface area (Å²) in [6.45, 7) is 2.87. The van der Waals surface area contributed by atoms with Crippen LogP contribution in [0.15, 0.2) is 36.4 Å². The van der Waals surface area contributed by atoms with E-state index in [1.54, 1.807) is 12.1 Å². The number of methoxy groups -OCH3 is 1. The van der Waals surface area contributed by atoms with Gasteiger partial charge in [-0.1, -0.05) is 35.3 Å². The number of rotatable bonds is 7. The Labute approximate surface area is 163 Å². The van der Waals surface area contributed by atoms with E-state index >= 15 is 0 Å². The zero-order chi connectivity index (χ0) is 18.7. The minimum atomic E-state index is -0.0642. The zero-order valence-corrected chi connectivity index (χ0v) is 16.3. The number of ether oxygens (including phenoxy) is 2. The Balaban J connectivity index is 1.87. The highest BCUT2D eigenvalue weighted by Crippen LogP contribution is 2.38. The first-order valence-corrected chi connectivity index (χ1v) is 9.34. The Morgan fingerprint density at radius 2 is 1.88 bits per heavy atom. The molecule has 1 fully saturated rings. The van der Waals surface area contributed by atoms with Gasteiger partial charge in [0.15, 0.2) is 11.5 Å². The molecule has 0 bridgehead atoms. The Morgan fingerprint density at radius 3 is 2.46 bits per heavy atom. The van der Waals surface area contributed by atoms with Crippen molar-refractivity contribution < 1.29 is 14.3 Å². The van der Waals surface area contributed by atoms with Crippen molar-refractivity contribution in [3.05, 3.63) is 57.6 Å². The molecule has 0 N–H and O–H groups in total. The molecule has 1 aliphatic carbocycles. The van der Waals surface area contributed by atoms with Gasteiger partial charge >= 0.3 is 0 Å². The average molecular weight is 394 g/mol. The standard InChI is InChI=1S/C20H21Cl2NO3/c1-3-26-19-17(22)10-14(11-18(19)25-2)20(24)23(16-8-9-16)12-13-4-6-15(21)7-5-13/h4-7,10-11,16H,3,8-9,12H2,1-2H3. The van der Waals surface area contributed by atoms with E-state index in [-0.39, 0.29) is 11.9 Å². The third kappa shape index (κ3) is 4.25. The lowest BCUT2D eigenvalue weighted by Crippen LogP contribution is -2.32. The average Bonchev–Trinajstić information content (AvgIpc) is 3.47. The molecule has 0 saturated heterocycles. The van der Waals surface area contributed by atoms with Crippen LogP contribution in [-0.4, -0.2) is 30.6 Å². The van der Waals surface area contributed by atoms with Crippen LogP contribution in [0.4, 0.5) is 0 Å². The second-order valence-electron chi connectivity index (χ2n) is 6.21. The normalized spacial score (nSPS) is 13.4. The zero-order valence-electron chi connectivity index (χ0n) is 14.8. The molecule has 1 saturated carbocycles. The van der Waals surface area contributed by atoms with Gasteiger partial charge in [0.05, 0.1) is 18.7 Å². The predicted molar refractivity (Wildman–Crippen MR) is 104 cm³/mol. The lowest BCUT2D eigenvalue weighted by atomic mass is 10.1. The maximum absolute atomic E-state index is 13.1. The Morgan fingerprint density at radius 1 is 1.19 bits per heavy atom. The summed E-state index contributed by atoms with van der Waals surface area (Å²) >= 11 is 12.3. The van der Waals surface area contributed by atoms with E-state index in [2.05, 4.69) is 0 Å². The van der Waals surface area contributed by atoms with Crippen LogP contribution in [-0.2, 0) is 6.54 Å². The van der Waals surface area contributed by atoms with Crippen molar-refractivity contribution in [3.8, 4) is 11.5 Å². The summed E-state index contributed by atoms with van der Waals surface area (Å²) in [7, 11) is 1.54. The first kappa shape index (κ1) is 18.9. The van der Waals surface area contributed by atoms with Gasteiger partial charge in [0.25, 0.3) is 5.91 Å². The summed E-state index contributed by atoms with van der Waals surface area (Å²) in [5.41, 5.74) is 1.54. The highest BCUT2D eigenvalue weighted by Gasteiger charge is 2.33. The molecular weight excluding hydrogens is 373 g/mol. The van der Waals surface area contributed by atoms with Crippen LogP contribution in [0.3, 0.4) is 0 Å². The van der Waals surface area contributed by atoms with E-state index in [9.17, 15) is 4.79 Å². The lowest BCUT2D eigenvalue weighted by Gasteiger charge is -2.23. The van der Waals surface area contributed by atoms with Crippen LogP contribution in [0.25, 0.3) is 0 Å². The fourth-order valence-electron chi connectivity index (χ4n) is 2.83. The van der Waals surface area contributed by atoms with Gasteiger partial charge in [-0.3, -0.25) is 4.79 Å². The molecule has 4 nitrogen and oxygen atoms in total. The number of carbonyl (C=O) groups is 1. The molecule has 0 spiro atoms. The van der Waals surface area contributed by atoms with Crippen LogP contribution in [0.1, 0.15) is 35.7 Å². The maximum Gasteiger partial charge on any atom is 0.254 e. The lowest BCUT2D eigenvalue weighted by molar-refractivity contribution is 0.0729. The predicted octanol–water partition coefficient (Wildman–Crippen LogP) is 5.21. The van der Waals surface area contributed by atoms with Crippen LogP contribution < -0.4 is 9.47 Å².